The highest BCUT2D eigenvalue weighted by atomic mass is 16.2. The minimum atomic E-state index is -0.280. The number of anilines is 1. The van der Waals surface area contributed by atoms with Crippen molar-refractivity contribution in [3.63, 3.8) is 0 Å². The van der Waals surface area contributed by atoms with Gasteiger partial charge in [-0.1, -0.05) is 0 Å². The molecule has 8 nitrogen and oxygen atoms in total. The second-order valence-electron chi connectivity index (χ2n) is 9.22. The molecule has 6 rings (SSSR count). The molecule has 0 aliphatic heterocycles. The zero-order chi connectivity index (χ0) is 20.0. The summed E-state index contributed by atoms with van der Waals surface area (Å²) in [5.74, 6) is 2.15. The molecule has 3 amide bonds. The zero-order valence-corrected chi connectivity index (χ0v) is 16.3. The van der Waals surface area contributed by atoms with Gasteiger partial charge in [0.2, 0.25) is 5.91 Å². The predicted octanol–water partition coefficient (Wildman–Crippen LogP) is 2.45. The van der Waals surface area contributed by atoms with Crippen LogP contribution >= 0.6 is 0 Å². The number of benzene rings is 1. The Morgan fingerprint density at radius 2 is 1.66 bits per heavy atom. The molecular formula is C21H27N5O3. The number of hydrogen-bond donors (Lipinski definition) is 5. The van der Waals surface area contributed by atoms with Crippen molar-refractivity contribution in [2.75, 3.05) is 11.9 Å². The fourth-order valence-electron chi connectivity index (χ4n) is 6.17. The van der Waals surface area contributed by atoms with E-state index in [-0.39, 0.29) is 36.1 Å². The Bertz CT molecular complexity index is 972. The third-order valence-electron chi connectivity index (χ3n) is 6.85. The molecule has 1 aromatic carbocycles. The Kier molecular flexibility index (Phi) is 4.37. The summed E-state index contributed by atoms with van der Waals surface area (Å²) in [6.07, 6.45) is 7.53. The molecule has 154 valence electrons. The van der Waals surface area contributed by atoms with Crippen molar-refractivity contribution < 1.29 is 9.59 Å². The molecule has 1 aromatic heterocycles. The molecule has 0 radical (unpaired) electrons. The van der Waals surface area contributed by atoms with Crippen molar-refractivity contribution in [2.24, 2.45) is 17.8 Å². The number of fused-ring (bicyclic) bond motifs is 1. The van der Waals surface area contributed by atoms with Gasteiger partial charge in [-0.3, -0.25) is 4.79 Å². The number of hydrogen-bond acceptors (Lipinski definition) is 3. The SMILES string of the molecule is O=C(CCNC(=O)NC12CC3CC(CC(C3)C1)C2)Nc1ccc2[nH]c(=O)[nH]c2c1. The Hall–Kier alpha value is -2.77. The van der Waals surface area contributed by atoms with Crippen LogP contribution in [0.3, 0.4) is 0 Å². The highest BCUT2D eigenvalue weighted by Crippen LogP contribution is 2.55. The Labute approximate surface area is 168 Å². The molecule has 5 N–H and O–H groups in total. The van der Waals surface area contributed by atoms with E-state index in [1.807, 2.05) is 0 Å². The third-order valence-corrected chi connectivity index (χ3v) is 6.85. The number of carbonyl (C=O) groups excluding carboxylic acids is 2. The molecular weight excluding hydrogens is 370 g/mol. The molecule has 2 aromatic rings. The topological polar surface area (TPSA) is 119 Å². The van der Waals surface area contributed by atoms with E-state index < -0.39 is 0 Å². The van der Waals surface area contributed by atoms with Gasteiger partial charge in [0, 0.05) is 24.2 Å². The number of amides is 3. The second kappa shape index (κ2) is 6.93. The summed E-state index contributed by atoms with van der Waals surface area (Å²) in [5, 5.41) is 8.89. The second-order valence-corrected chi connectivity index (χ2v) is 9.22. The molecule has 4 aliphatic carbocycles. The number of rotatable bonds is 5. The van der Waals surface area contributed by atoms with Crippen LogP contribution in [0.25, 0.3) is 11.0 Å². The van der Waals surface area contributed by atoms with E-state index in [4.69, 9.17) is 0 Å². The normalized spacial score (nSPS) is 29.7. The molecule has 4 saturated carbocycles. The lowest BCUT2D eigenvalue weighted by Crippen LogP contribution is -2.61. The maximum atomic E-state index is 12.4. The van der Waals surface area contributed by atoms with E-state index in [0.29, 0.717) is 16.7 Å². The van der Waals surface area contributed by atoms with Crippen LogP contribution in [0.15, 0.2) is 23.0 Å². The van der Waals surface area contributed by atoms with E-state index >= 15 is 0 Å². The van der Waals surface area contributed by atoms with Crippen LogP contribution in [0.5, 0.6) is 0 Å². The predicted molar refractivity (Wildman–Crippen MR) is 110 cm³/mol. The van der Waals surface area contributed by atoms with Crippen LogP contribution in [0.1, 0.15) is 44.9 Å². The number of imidazole rings is 1. The summed E-state index contributed by atoms with van der Waals surface area (Å²) in [4.78, 5) is 41.2. The maximum Gasteiger partial charge on any atom is 0.323 e. The fraction of sp³-hybridized carbons (Fsp3) is 0.571. The molecule has 4 bridgehead atoms. The zero-order valence-electron chi connectivity index (χ0n) is 16.3. The molecule has 8 heteroatoms. The minimum absolute atomic E-state index is 0.0238. The van der Waals surface area contributed by atoms with Crippen molar-refractivity contribution >= 4 is 28.7 Å². The van der Waals surface area contributed by atoms with Crippen molar-refractivity contribution in [1.82, 2.24) is 20.6 Å². The third kappa shape index (κ3) is 3.75. The molecule has 4 aliphatic rings. The van der Waals surface area contributed by atoms with Crippen LogP contribution in [0.2, 0.25) is 0 Å². The first kappa shape index (κ1) is 18.3. The first-order valence-corrected chi connectivity index (χ1v) is 10.5. The van der Waals surface area contributed by atoms with Gasteiger partial charge in [0.1, 0.15) is 0 Å². The van der Waals surface area contributed by atoms with Gasteiger partial charge >= 0.3 is 11.7 Å². The summed E-state index contributed by atoms with van der Waals surface area (Å²) in [5.41, 5.74) is 1.63. The highest BCUT2D eigenvalue weighted by molar-refractivity contribution is 5.93. The van der Waals surface area contributed by atoms with Gasteiger partial charge in [0.25, 0.3) is 0 Å². The largest absolute Gasteiger partial charge is 0.338 e. The summed E-state index contributed by atoms with van der Waals surface area (Å²) in [7, 11) is 0. The van der Waals surface area contributed by atoms with Crippen molar-refractivity contribution in [1.29, 1.82) is 0 Å². The van der Waals surface area contributed by atoms with E-state index in [0.717, 1.165) is 37.0 Å². The van der Waals surface area contributed by atoms with Crippen molar-refractivity contribution in [3.8, 4) is 0 Å². The monoisotopic (exact) mass is 397 g/mol. The van der Waals surface area contributed by atoms with Gasteiger partial charge in [-0.2, -0.15) is 0 Å². The average molecular weight is 397 g/mol. The van der Waals surface area contributed by atoms with Gasteiger partial charge in [-0.15, -0.1) is 0 Å². The summed E-state index contributed by atoms with van der Waals surface area (Å²) in [6, 6.07) is 5.02. The molecule has 0 unspecified atom stereocenters. The highest BCUT2D eigenvalue weighted by Gasteiger charge is 2.51. The molecule has 1 heterocycles. The van der Waals surface area contributed by atoms with Crippen LogP contribution in [0, 0.1) is 17.8 Å². The first-order chi connectivity index (χ1) is 14.0. The first-order valence-electron chi connectivity index (χ1n) is 10.5. The van der Waals surface area contributed by atoms with Crippen LogP contribution in [-0.2, 0) is 4.79 Å². The Morgan fingerprint density at radius 3 is 2.34 bits per heavy atom. The number of aromatic nitrogens is 2. The summed E-state index contributed by atoms with van der Waals surface area (Å²) in [6.45, 7) is 0.285. The Morgan fingerprint density at radius 1 is 1.00 bits per heavy atom. The number of carbonyl (C=O) groups is 2. The molecule has 29 heavy (non-hydrogen) atoms. The van der Waals surface area contributed by atoms with Crippen molar-refractivity contribution in [3.05, 3.63) is 28.7 Å². The fourth-order valence-corrected chi connectivity index (χ4v) is 6.17. The summed E-state index contributed by atoms with van der Waals surface area (Å²) >= 11 is 0. The van der Waals surface area contributed by atoms with Crippen LogP contribution in [0.4, 0.5) is 10.5 Å². The van der Waals surface area contributed by atoms with Gasteiger partial charge in [-0.05, 0) is 74.5 Å². The molecule has 0 saturated heterocycles. The number of urea groups is 1. The minimum Gasteiger partial charge on any atom is -0.338 e. The average Bonchev–Trinajstić information content (AvgIpc) is 2.99. The quantitative estimate of drug-likeness (QED) is 0.533. The molecule has 0 atom stereocenters. The number of aromatic amines is 2. The lowest BCUT2D eigenvalue weighted by Gasteiger charge is -2.56. The van der Waals surface area contributed by atoms with Crippen LogP contribution < -0.4 is 21.6 Å². The van der Waals surface area contributed by atoms with Gasteiger partial charge in [0.05, 0.1) is 11.0 Å². The van der Waals surface area contributed by atoms with Gasteiger partial charge in [-0.25, -0.2) is 9.59 Å². The Balaban J connectivity index is 1.10. The smallest absolute Gasteiger partial charge is 0.323 e. The molecule has 4 fully saturated rings. The van der Waals surface area contributed by atoms with E-state index in [9.17, 15) is 14.4 Å². The number of nitrogens with one attached hydrogen (secondary N) is 5. The van der Waals surface area contributed by atoms with Crippen LogP contribution in [-0.4, -0.2) is 34.0 Å². The van der Waals surface area contributed by atoms with Crippen molar-refractivity contribution in [2.45, 2.75) is 50.5 Å². The lowest BCUT2D eigenvalue weighted by molar-refractivity contribution is -0.116. The maximum absolute atomic E-state index is 12.4. The van der Waals surface area contributed by atoms with E-state index in [1.54, 1.807) is 18.2 Å². The lowest BCUT2D eigenvalue weighted by atomic mass is 9.53. The molecule has 0 spiro atoms. The van der Waals surface area contributed by atoms with E-state index in [2.05, 4.69) is 25.9 Å². The van der Waals surface area contributed by atoms with Gasteiger partial charge in [0.15, 0.2) is 0 Å². The standard InChI is InChI=1S/C21H27N5O3/c27-18(23-15-1-2-16-17(8-15)25-20(29)24-16)3-4-22-19(28)26-21-9-12-5-13(10-21)7-14(6-12)11-21/h1-2,8,12-14H,3-7,9-11H2,(H,23,27)(H2,22,26,28)(H2,24,25,29). The number of H-pyrrole nitrogens is 2. The van der Waals surface area contributed by atoms with E-state index in [1.165, 1.54) is 19.3 Å². The summed E-state index contributed by atoms with van der Waals surface area (Å²) < 4.78 is 0. The van der Waals surface area contributed by atoms with Gasteiger partial charge < -0.3 is 25.9 Å².